The topological polar surface area (TPSA) is 84.5 Å². The number of nitrogens with one attached hydrogen (secondary N) is 2. The van der Waals surface area contributed by atoms with Gasteiger partial charge in [0.15, 0.2) is 6.61 Å². The van der Waals surface area contributed by atoms with Crippen molar-refractivity contribution in [3.63, 3.8) is 0 Å². The summed E-state index contributed by atoms with van der Waals surface area (Å²) in [7, 11) is 0. The van der Waals surface area contributed by atoms with E-state index in [1.54, 1.807) is 24.3 Å². The zero-order valence-electron chi connectivity index (χ0n) is 18.6. The highest BCUT2D eigenvalue weighted by molar-refractivity contribution is 8.00. The third-order valence-electron chi connectivity index (χ3n) is 4.90. The second-order valence-electron chi connectivity index (χ2n) is 7.53. The standard InChI is InChI=1S/C26H25FN2O4S/c1-18(19-7-3-2-4-8-19)15-28-24(30)16-33-26(32)22-9-5-6-10-23(22)34-17-25(31)29-21-13-11-20(27)12-14-21/h2-14,18H,15-17H2,1H3,(H,28,30)(H,29,31)/t18-/m1/s1. The van der Waals surface area contributed by atoms with E-state index in [1.807, 2.05) is 37.3 Å². The van der Waals surface area contributed by atoms with Gasteiger partial charge in [0.1, 0.15) is 5.82 Å². The Hall–Kier alpha value is -3.65. The third kappa shape index (κ3) is 7.74. The molecular formula is C26H25FN2O4S. The normalized spacial score (nSPS) is 11.4. The molecule has 34 heavy (non-hydrogen) atoms. The maximum Gasteiger partial charge on any atom is 0.339 e. The molecule has 0 spiro atoms. The van der Waals surface area contributed by atoms with Crippen LogP contribution < -0.4 is 10.6 Å². The molecule has 3 aromatic rings. The first-order valence-electron chi connectivity index (χ1n) is 10.7. The van der Waals surface area contributed by atoms with E-state index in [4.69, 9.17) is 4.74 Å². The lowest BCUT2D eigenvalue weighted by atomic mass is 10.0. The number of hydrogen-bond donors (Lipinski definition) is 2. The number of anilines is 1. The van der Waals surface area contributed by atoms with E-state index in [1.165, 1.54) is 24.3 Å². The van der Waals surface area contributed by atoms with Crippen LogP contribution in [0, 0.1) is 5.82 Å². The largest absolute Gasteiger partial charge is 0.452 e. The number of thioether (sulfide) groups is 1. The number of halogens is 1. The minimum absolute atomic E-state index is 0.0412. The van der Waals surface area contributed by atoms with Crippen LogP contribution >= 0.6 is 11.8 Å². The molecule has 3 aromatic carbocycles. The van der Waals surface area contributed by atoms with Gasteiger partial charge in [-0.3, -0.25) is 9.59 Å². The van der Waals surface area contributed by atoms with Gasteiger partial charge in [0.2, 0.25) is 5.91 Å². The van der Waals surface area contributed by atoms with Gasteiger partial charge in [-0.05, 0) is 47.9 Å². The lowest BCUT2D eigenvalue weighted by molar-refractivity contribution is -0.124. The molecule has 1 atom stereocenters. The third-order valence-corrected chi connectivity index (χ3v) is 5.98. The van der Waals surface area contributed by atoms with E-state index in [0.717, 1.165) is 17.3 Å². The Bertz CT molecular complexity index is 1120. The Balaban J connectivity index is 1.47. The average Bonchev–Trinajstić information content (AvgIpc) is 2.86. The summed E-state index contributed by atoms with van der Waals surface area (Å²) in [5, 5.41) is 5.44. The summed E-state index contributed by atoms with van der Waals surface area (Å²) < 4.78 is 18.2. The molecule has 0 heterocycles. The van der Waals surface area contributed by atoms with Gasteiger partial charge in [0.05, 0.1) is 11.3 Å². The van der Waals surface area contributed by atoms with Crippen LogP contribution in [0.15, 0.2) is 83.8 Å². The van der Waals surface area contributed by atoms with E-state index in [0.29, 0.717) is 17.1 Å². The summed E-state index contributed by atoms with van der Waals surface area (Å²) in [5.74, 6) is -1.56. The lowest BCUT2D eigenvalue weighted by Crippen LogP contribution is -2.31. The summed E-state index contributed by atoms with van der Waals surface area (Å²) in [6.45, 7) is 2.03. The Kier molecular flexibility index (Phi) is 9.22. The van der Waals surface area contributed by atoms with Crippen molar-refractivity contribution in [3.05, 3.63) is 95.8 Å². The van der Waals surface area contributed by atoms with Crippen molar-refractivity contribution in [2.75, 3.05) is 24.2 Å². The van der Waals surface area contributed by atoms with E-state index < -0.39 is 12.6 Å². The van der Waals surface area contributed by atoms with Crippen molar-refractivity contribution in [2.45, 2.75) is 17.7 Å². The van der Waals surface area contributed by atoms with Gasteiger partial charge < -0.3 is 15.4 Å². The van der Waals surface area contributed by atoms with Crippen molar-refractivity contribution < 1.29 is 23.5 Å². The van der Waals surface area contributed by atoms with Crippen LogP contribution in [0.5, 0.6) is 0 Å². The zero-order valence-corrected chi connectivity index (χ0v) is 19.4. The van der Waals surface area contributed by atoms with E-state index in [-0.39, 0.29) is 34.9 Å². The smallest absolute Gasteiger partial charge is 0.339 e. The summed E-state index contributed by atoms with van der Waals surface area (Å²) in [5.41, 5.74) is 1.86. The predicted octanol–water partition coefficient (Wildman–Crippen LogP) is 4.63. The number of esters is 1. The molecule has 2 N–H and O–H groups in total. The molecule has 0 unspecified atom stereocenters. The van der Waals surface area contributed by atoms with Crippen LogP contribution in [0.3, 0.4) is 0 Å². The molecule has 176 valence electrons. The van der Waals surface area contributed by atoms with Gasteiger partial charge in [-0.1, -0.05) is 49.4 Å². The van der Waals surface area contributed by atoms with Crippen molar-refractivity contribution in [1.29, 1.82) is 0 Å². The van der Waals surface area contributed by atoms with Gasteiger partial charge in [-0.15, -0.1) is 11.8 Å². The number of benzene rings is 3. The number of carbonyl (C=O) groups is 3. The van der Waals surface area contributed by atoms with Gasteiger partial charge >= 0.3 is 5.97 Å². The molecule has 0 saturated carbocycles. The Morgan fingerprint density at radius 1 is 0.912 bits per heavy atom. The Labute approximate surface area is 201 Å². The molecule has 0 aromatic heterocycles. The second kappa shape index (κ2) is 12.6. The summed E-state index contributed by atoms with van der Waals surface area (Å²) >= 11 is 1.16. The van der Waals surface area contributed by atoms with Crippen LogP contribution in [0.25, 0.3) is 0 Å². The molecule has 0 aliphatic rings. The van der Waals surface area contributed by atoms with Crippen LogP contribution in [-0.4, -0.2) is 36.7 Å². The fourth-order valence-corrected chi connectivity index (χ4v) is 3.90. The van der Waals surface area contributed by atoms with Gasteiger partial charge in [-0.25, -0.2) is 9.18 Å². The van der Waals surface area contributed by atoms with E-state index in [2.05, 4.69) is 10.6 Å². The molecule has 8 heteroatoms. The predicted molar refractivity (Wildman–Crippen MR) is 130 cm³/mol. The maximum atomic E-state index is 13.0. The SMILES string of the molecule is C[C@H](CNC(=O)COC(=O)c1ccccc1SCC(=O)Nc1ccc(F)cc1)c1ccccc1. The molecule has 0 aliphatic carbocycles. The number of hydrogen-bond acceptors (Lipinski definition) is 5. The molecule has 2 amide bonds. The fourth-order valence-electron chi connectivity index (χ4n) is 3.06. The minimum Gasteiger partial charge on any atom is -0.452 e. The van der Waals surface area contributed by atoms with Crippen molar-refractivity contribution in [3.8, 4) is 0 Å². The highest BCUT2D eigenvalue weighted by atomic mass is 32.2. The minimum atomic E-state index is -0.645. The molecular weight excluding hydrogens is 455 g/mol. The van der Waals surface area contributed by atoms with Crippen molar-refractivity contribution in [2.24, 2.45) is 0 Å². The average molecular weight is 481 g/mol. The molecule has 6 nitrogen and oxygen atoms in total. The Morgan fingerprint density at radius 2 is 1.59 bits per heavy atom. The van der Waals surface area contributed by atoms with E-state index in [9.17, 15) is 18.8 Å². The number of carbonyl (C=O) groups excluding carboxylic acids is 3. The van der Waals surface area contributed by atoms with Crippen LogP contribution in [0.2, 0.25) is 0 Å². The number of rotatable bonds is 10. The van der Waals surface area contributed by atoms with Crippen molar-refractivity contribution >= 4 is 35.2 Å². The monoisotopic (exact) mass is 480 g/mol. The van der Waals surface area contributed by atoms with E-state index >= 15 is 0 Å². The number of amides is 2. The molecule has 0 bridgehead atoms. The first-order chi connectivity index (χ1) is 16.4. The Morgan fingerprint density at radius 3 is 2.32 bits per heavy atom. The summed E-state index contributed by atoms with van der Waals surface area (Å²) in [4.78, 5) is 37.4. The molecule has 3 rings (SSSR count). The molecule has 0 aliphatic heterocycles. The quantitative estimate of drug-likeness (QED) is 0.326. The summed E-state index contributed by atoms with van der Waals surface area (Å²) in [6, 6.07) is 22.0. The first kappa shape index (κ1) is 25.0. The number of ether oxygens (including phenoxy) is 1. The molecule has 0 radical (unpaired) electrons. The van der Waals surface area contributed by atoms with Gasteiger partial charge in [0.25, 0.3) is 5.91 Å². The highest BCUT2D eigenvalue weighted by Gasteiger charge is 2.16. The van der Waals surface area contributed by atoms with Crippen LogP contribution in [0.1, 0.15) is 28.8 Å². The van der Waals surface area contributed by atoms with Crippen LogP contribution in [-0.2, 0) is 14.3 Å². The lowest BCUT2D eigenvalue weighted by Gasteiger charge is -2.13. The van der Waals surface area contributed by atoms with Gasteiger partial charge in [-0.2, -0.15) is 0 Å². The van der Waals surface area contributed by atoms with Crippen LogP contribution in [0.4, 0.5) is 10.1 Å². The molecule has 0 saturated heterocycles. The maximum absolute atomic E-state index is 13.0. The van der Waals surface area contributed by atoms with Gasteiger partial charge in [0, 0.05) is 17.1 Å². The zero-order chi connectivity index (χ0) is 24.3. The summed E-state index contributed by atoms with van der Waals surface area (Å²) in [6.07, 6.45) is 0. The fraction of sp³-hybridized carbons (Fsp3) is 0.192. The first-order valence-corrected chi connectivity index (χ1v) is 11.7. The molecule has 0 fully saturated rings. The highest BCUT2D eigenvalue weighted by Crippen LogP contribution is 2.24. The second-order valence-corrected chi connectivity index (χ2v) is 8.55. The van der Waals surface area contributed by atoms with Crippen molar-refractivity contribution in [1.82, 2.24) is 5.32 Å².